The van der Waals surface area contributed by atoms with Gasteiger partial charge in [0, 0.05) is 24.8 Å². The second-order valence-corrected chi connectivity index (χ2v) is 4.45. The van der Waals surface area contributed by atoms with E-state index in [9.17, 15) is 4.79 Å². The van der Waals surface area contributed by atoms with E-state index in [-0.39, 0.29) is 5.91 Å². The number of nitrogens with zero attached hydrogens (tertiary/aromatic N) is 2. The third-order valence-electron chi connectivity index (χ3n) is 3.24. The average Bonchev–Trinajstić information content (AvgIpc) is 3.02. The Labute approximate surface area is 111 Å². The second-order valence-electron chi connectivity index (χ2n) is 4.45. The maximum atomic E-state index is 12.2. The van der Waals surface area contributed by atoms with Crippen LogP contribution in [0.3, 0.4) is 0 Å². The number of aromatic amines is 1. The summed E-state index contributed by atoms with van der Waals surface area (Å²) in [6, 6.07) is 9.48. The van der Waals surface area contributed by atoms with E-state index in [1.165, 1.54) is 0 Å². The molecule has 98 valence electrons. The van der Waals surface area contributed by atoms with Gasteiger partial charge in [-0.05, 0) is 23.8 Å². The molecule has 3 rings (SSSR count). The molecule has 1 aromatic heterocycles. The Balaban J connectivity index is 1.76. The molecule has 0 spiro atoms. The minimum atomic E-state index is 0.0689. The number of morpholine rings is 1. The number of carbonyl (C=O) groups excluding carboxylic acids is 1. The molecule has 1 aromatic carbocycles. The van der Waals surface area contributed by atoms with E-state index in [0.29, 0.717) is 31.9 Å². The van der Waals surface area contributed by atoms with Gasteiger partial charge in [0.25, 0.3) is 5.91 Å². The molecule has 0 unspecified atom stereocenters. The lowest BCUT2D eigenvalue weighted by Gasteiger charge is -2.26. The van der Waals surface area contributed by atoms with Crippen molar-refractivity contribution in [3.8, 4) is 11.3 Å². The first-order valence-electron chi connectivity index (χ1n) is 6.31. The van der Waals surface area contributed by atoms with Gasteiger partial charge in [-0.1, -0.05) is 12.1 Å². The summed E-state index contributed by atoms with van der Waals surface area (Å²) in [5, 5.41) is 6.82. The maximum Gasteiger partial charge on any atom is 0.254 e. The van der Waals surface area contributed by atoms with Crippen molar-refractivity contribution in [1.29, 1.82) is 0 Å². The number of nitrogens with one attached hydrogen (secondary N) is 1. The van der Waals surface area contributed by atoms with Gasteiger partial charge in [0.1, 0.15) is 0 Å². The number of rotatable bonds is 2. The number of aromatic nitrogens is 2. The van der Waals surface area contributed by atoms with Crippen molar-refractivity contribution in [2.45, 2.75) is 0 Å². The van der Waals surface area contributed by atoms with Gasteiger partial charge in [0.2, 0.25) is 0 Å². The molecule has 0 saturated carbocycles. The van der Waals surface area contributed by atoms with Gasteiger partial charge in [-0.3, -0.25) is 9.89 Å². The molecule has 1 aliphatic rings. The molecule has 2 aromatic rings. The van der Waals surface area contributed by atoms with Crippen LogP contribution in [0.5, 0.6) is 0 Å². The first-order valence-corrected chi connectivity index (χ1v) is 6.31. The molecular formula is C14H15N3O2. The van der Waals surface area contributed by atoms with Crippen LogP contribution in [0.25, 0.3) is 11.3 Å². The van der Waals surface area contributed by atoms with Crippen molar-refractivity contribution in [2.24, 2.45) is 0 Å². The zero-order valence-electron chi connectivity index (χ0n) is 10.5. The van der Waals surface area contributed by atoms with Crippen molar-refractivity contribution in [3.63, 3.8) is 0 Å². The molecule has 1 fully saturated rings. The Morgan fingerprint density at radius 3 is 2.53 bits per heavy atom. The first kappa shape index (κ1) is 11.9. The minimum absolute atomic E-state index is 0.0689. The van der Waals surface area contributed by atoms with Gasteiger partial charge >= 0.3 is 0 Å². The van der Waals surface area contributed by atoms with Crippen LogP contribution >= 0.6 is 0 Å². The number of ether oxygens (including phenoxy) is 1. The summed E-state index contributed by atoms with van der Waals surface area (Å²) in [6.45, 7) is 2.58. The molecule has 5 heteroatoms. The highest BCUT2D eigenvalue weighted by Gasteiger charge is 2.18. The summed E-state index contributed by atoms with van der Waals surface area (Å²) in [5.41, 5.74) is 2.69. The molecule has 1 saturated heterocycles. The standard InChI is InChI=1S/C14H15N3O2/c18-14(17-7-9-19-10-8-17)12-3-1-11(2-4-12)13-5-6-15-16-13/h1-6H,7-10H2,(H,15,16). The average molecular weight is 257 g/mol. The fourth-order valence-electron chi connectivity index (χ4n) is 2.16. The van der Waals surface area contributed by atoms with E-state index in [0.717, 1.165) is 11.3 Å². The number of benzene rings is 1. The molecule has 0 atom stereocenters. The van der Waals surface area contributed by atoms with Crippen LogP contribution in [-0.2, 0) is 4.74 Å². The van der Waals surface area contributed by atoms with Crippen molar-refractivity contribution >= 4 is 5.91 Å². The van der Waals surface area contributed by atoms with Crippen molar-refractivity contribution in [3.05, 3.63) is 42.1 Å². The van der Waals surface area contributed by atoms with Gasteiger partial charge in [-0.15, -0.1) is 0 Å². The largest absolute Gasteiger partial charge is 0.378 e. The van der Waals surface area contributed by atoms with E-state index in [4.69, 9.17) is 4.74 Å². The SMILES string of the molecule is O=C(c1ccc(-c2ccn[nH]2)cc1)N1CCOCC1. The second kappa shape index (κ2) is 5.24. The molecule has 5 nitrogen and oxygen atoms in total. The highest BCUT2D eigenvalue weighted by atomic mass is 16.5. The zero-order chi connectivity index (χ0) is 13.1. The normalized spacial score (nSPS) is 15.5. The number of amides is 1. The topological polar surface area (TPSA) is 58.2 Å². The summed E-state index contributed by atoms with van der Waals surface area (Å²) >= 11 is 0. The summed E-state index contributed by atoms with van der Waals surface area (Å²) in [6.07, 6.45) is 1.71. The number of hydrogen-bond donors (Lipinski definition) is 1. The Morgan fingerprint density at radius 1 is 1.16 bits per heavy atom. The molecule has 1 amide bonds. The van der Waals surface area contributed by atoms with Gasteiger partial charge in [-0.25, -0.2) is 0 Å². The van der Waals surface area contributed by atoms with E-state index in [1.807, 2.05) is 35.2 Å². The zero-order valence-corrected chi connectivity index (χ0v) is 10.5. The predicted octanol–water partition coefficient (Wildman–Crippen LogP) is 1.55. The van der Waals surface area contributed by atoms with E-state index in [2.05, 4.69) is 10.2 Å². The van der Waals surface area contributed by atoms with Crippen molar-refractivity contribution in [1.82, 2.24) is 15.1 Å². The van der Waals surface area contributed by atoms with Crippen molar-refractivity contribution < 1.29 is 9.53 Å². The molecule has 1 aliphatic heterocycles. The lowest BCUT2D eigenvalue weighted by molar-refractivity contribution is 0.0303. The van der Waals surface area contributed by atoms with Crippen LogP contribution in [0.2, 0.25) is 0 Å². The smallest absolute Gasteiger partial charge is 0.254 e. The van der Waals surface area contributed by atoms with Gasteiger partial charge in [0.05, 0.1) is 18.9 Å². The third kappa shape index (κ3) is 2.51. The van der Waals surface area contributed by atoms with E-state index >= 15 is 0 Å². The van der Waals surface area contributed by atoms with Gasteiger partial charge in [-0.2, -0.15) is 5.10 Å². The lowest BCUT2D eigenvalue weighted by Crippen LogP contribution is -2.40. The summed E-state index contributed by atoms with van der Waals surface area (Å²) in [4.78, 5) is 14.1. The molecule has 0 aliphatic carbocycles. The van der Waals surface area contributed by atoms with Crippen LogP contribution in [0.4, 0.5) is 0 Å². The highest BCUT2D eigenvalue weighted by molar-refractivity contribution is 5.94. The Morgan fingerprint density at radius 2 is 1.89 bits per heavy atom. The van der Waals surface area contributed by atoms with E-state index in [1.54, 1.807) is 6.20 Å². The number of carbonyl (C=O) groups is 1. The first-order chi connectivity index (χ1) is 9.34. The molecular weight excluding hydrogens is 242 g/mol. The number of hydrogen-bond acceptors (Lipinski definition) is 3. The predicted molar refractivity (Wildman–Crippen MR) is 70.7 cm³/mol. The summed E-state index contributed by atoms with van der Waals surface area (Å²) < 4.78 is 5.25. The minimum Gasteiger partial charge on any atom is -0.378 e. The van der Waals surface area contributed by atoms with Crippen molar-refractivity contribution in [2.75, 3.05) is 26.3 Å². The van der Waals surface area contributed by atoms with Crippen LogP contribution in [0.15, 0.2) is 36.5 Å². The molecule has 19 heavy (non-hydrogen) atoms. The third-order valence-corrected chi connectivity index (χ3v) is 3.24. The van der Waals surface area contributed by atoms with Crippen LogP contribution in [0, 0.1) is 0 Å². The quantitative estimate of drug-likeness (QED) is 0.888. The number of H-pyrrole nitrogens is 1. The Bertz CT molecular complexity index is 543. The van der Waals surface area contributed by atoms with Crippen LogP contribution in [0.1, 0.15) is 10.4 Å². The lowest BCUT2D eigenvalue weighted by atomic mass is 10.1. The summed E-state index contributed by atoms with van der Waals surface area (Å²) in [7, 11) is 0. The Kier molecular flexibility index (Phi) is 3.29. The highest BCUT2D eigenvalue weighted by Crippen LogP contribution is 2.17. The van der Waals surface area contributed by atoms with Crippen LogP contribution in [-0.4, -0.2) is 47.3 Å². The van der Waals surface area contributed by atoms with Gasteiger partial charge in [0.15, 0.2) is 0 Å². The van der Waals surface area contributed by atoms with Gasteiger partial charge < -0.3 is 9.64 Å². The molecule has 2 heterocycles. The van der Waals surface area contributed by atoms with E-state index < -0.39 is 0 Å². The molecule has 1 N–H and O–H groups in total. The summed E-state index contributed by atoms with van der Waals surface area (Å²) in [5.74, 6) is 0.0689. The molecule has 0 radical (unpaired) electrons. The maximum absolute atomic E-state index is 12.2. The monoisotopic (exact) mass is 257 g/mol. The molecule has 0 bridgehead atoms. The Hall–Kier alpha value is -2.14. The van der Waals surface area contributed by atoms with Crippen LogP contribution < -0.4 is 0 Å². The fraction of sp³-hybridized carbons (Fsp3) is 0.286. The fourth-order valence-corrected chi connectivity index (χ4v) is 2.16.